The van der Waals surface area contributed by atoms with E-state index in [0.29, 0.717) is 10.8 Å². The van der Waals surface area contributed by atoms with Gasteiger partial charge >= 0.3 is 0 Å². The molecule has 0 bridgehead atoms. The van der Waals surface area contributed by atoms with Gasteiger partial charge in [-0.05, 0) is 0 Å². The molecule has 0 fully saturated rings. The normalized spacial score (nSPS) is 12.4. The van der Waals surface area contributed by atoms with Gasteiger partial charge in [0.05, 0.1) is 39.2 Å². The monoisotopic (exact) mass is 424 g/mol. The zero-order chi connectivity index (χ0) is 22.5. The summed E-state index contributed by atoms with van der Waals surface area (Å²) < 4.78 is 17.9. The highest BCUT2D eigenvalue weighted by molar-refractivity contribution is 6.25. The molecule has 1 aliphatic rings. The summed E-state index contributed by atoms with van der Waals surface area (Å²) in [5.74, 6) is 0.264. The molecule has 160 valence electrons. The predicted molar refractivity (Wildman–Crippen MR) is 124 cm³/mol. The highest BCUT2D eigenvalue weighted by Crippen LogP contribution is 2.61. The summed E-state index contributed by atoms with van der Waals surface area (Å²) in [5.41, 5.74) is 61.7. The van der Waals surface area contributed by atoms with Crippen molar-refractivity contribution in [3.05, 3.63) is 0 Å². The van der Waals surface area contributed by atoms with E-state index in [4.69, 9.17) is 71.2 Å². The molecule has 0 spiro atoms. The zero-order valence-electron chi connectivity index (χ0n) is 16.0. The van der Waals surface area contributed by atoms with Gasteiger partial charge in [-0.25, -0.2) is 0 Å². The Kier molecular flexibility index (Phi) is 3.13. The Morgan fingerprint density at radius 1 is 0.323 bits per heavy atom. The van der Waals surface area contributed by atoms with Gasteiger partial charge < -0.3 is 71.2 Å². The summed E-state index contributed by atoms with van der Waals surface area (Å²) in [4.78, 5) is 0. The Labute approximate surface area is 173 Å². The highest BCUT2D eigenvalue weighted by atomic mass is 16.6. The van der Waals surface area contributed by atoms with E-state index in [0.717, 1.165) is 0 Å². The summed E-state index contributed by atoms with van der Waals surface area (Å²) in [6, 6.07) is 0. The first kappa shape index (κ1) is 18.1. The molecule has 1 aromatic heterocycles. The second-order valence-electron chi connectivity index (χ2n) is 7.17. The molecule has 5 rings (SSSR count). The predicted octanol–water partition coefficient (Wildman–Crippen LogP) is 1.31. The van der Waals surface area contributed by atoms with E-state index >= 15 is 0 Å². The molecule has 2 heterocycles. The van der Waals surface area contributed by atoms with Crippen LogP contribution in [0, 0.1) is 0 Å². The maximum absolute atomic E-state index is 6.24. The van der Waals surface area contributed by atoms with Gasteiger partial charge in [-0.1, -0.05) is 0 Å². The largest absolute Gasteiger partial charge is 0.451 e. The molecule has 0 saturated carbocycles. The van der Waals surface area contributed by atoms with Crippen LogP contribution in [0.4, 0.5) is 56.9 Å². The third-order valence-electron chi connectivity index (χ3n) is 5.48. The lowest BCUT2D eigenvalue weighted by molar-refractivity contribution is 0.368. The molecule has 13 heteroatoms. The van der Waals surface area contributed by atoms with Crippen LogP contribution in [0.25, 0.3) is 21.9 Å². The molecule has 0 unspecified atom stereocenters. The quantitative estimate of drug-likeness (QED) is 0.124. The molecule has 31 heavy (non-hydrogen) atoms. The molecule has 0 aliphatic carbocycles. The number of anilines is 10. The van der Waals surface area contributed by atoms with Gasteiger partial charge in [0.25, 0.3) is 0 Å². The van der Waals surface area contributed by atoms with Gasteiger partial charge in [0.1, 0.15) is 28.4 Å². The maximum Gasteiger partial charge on any atom is 0.197 e. The highest BCUT2D eigenvalue weighted by Gasteiger charge is 2.34. The zero-order valence-corrected chi connectivity index (χ0v) is 16.0. The molecule has 13 nitrogen and oxygen atoms in total. The molecule has 1 aliphatic heterocycles. The molecule has 0 amide bonds. The van der Waals surface area contributed by atoms with Gasteiger partial charge in [-0.15, -0.1) is 0 Å². The number of nitrogen functional groups attached to an aromatic ring is 10. The summed E-state index contributed by atoms with van der Waals surface area (Å²) in [5, 5.41) is 0.635. The number of benzene rings is 3. The summed E-state index contributed by atoms with van der Waals surface area (Å²) in [7, 11) is 0. The first-order chi connectivity index (χ1) is 14.6. The van der Waals surface area contributed by atoms with Crippen molar-refractivity contribution in [1.29, 1.82) is 0 Å². The van der Waals surface area contributed by atoms with Crippen LogP contribution in [0.1, 0.15) is 0 Å². The fourth-order valence-corrected chi connectivity index (χ4v) is 3.70. The molecule has 0 atom stereocenters. The van der Waals surface area contributed by atoms with Crippen LogP contribution in [-0.4, -0.2) is 0 Å². The van der Waals surface area contributed by atoms with Crippen LogP contribution < -0.4 is 66.8 Å². The molecule has 4 aromatic rings. The number of nitrogens with two attached hydrogens (primary N) is 10. The summed E-state index contributed by atoms with van der Waals surface area (Å²) in [6.45, 7) is 0. The second-order valence-corrected chi connectivity index (χ2v) is 7.17. The van der Waals surface area contributed by atoms with Gasteiger partial charge in [0.15, 0.2) is 34.2 Å². The van der Waals surface area contributed by atoms with Gasteiger partial charge in [-0.3, -0.25) is 0 Å². The van der Waals surface area contributed by atoms with E-state index in [2.05, 4.69) is 0 Å². The third kappa shape index (κ3) is 1.93. The van der Waals surface area contributed by atoms with Gasteiger partial charge in [0.2, 0.25) is 0 Å². The smallest absolute Gasteiger partial charge is 0.197 e. The van der Waals surface area contributed by atoms with Crippen molar-refractivity contribution in [2.45, 2.75) is 0 Å². The Morgan fingerprint density at radius 3 is 1.26 bits per heavy atom. The summed E-state index contributed by atoms with van der Waals surface area (Å²) in [6.07, 6.45) is 0. The van der Waals surface area contributed by atoms with Crippen LogP contribution in [0.15, 0.2) is 4.42 Å². The first-order valence-electron chi connectivity index (χ1n) is 8.86. The number of rotatable bonds is 0. The van der Waals surface area contributed by atoms with Crippen molar-refractivity contribution < 1.29 is 13.9 Å². The minimum Gasteiger partial charge on any atom is -0.451 e. The lowest BCUT2D eigenvalue weighted by atomic mass is 10.0. The molecule has 20 N–H and O–H groups in total. The molecular formula is C18H20N10O3. The summed E-state index contributed by atoms with van der Waals surface area (Å²) >= 11 is 0. The molecule has 0 radical (unpaired) electrons. The third-order valence-corrected chi connectivity index (χ3v) is 5.48. The topological polar surface area (TPSA) is 292 Å². The standard InChI is InChI=1S/C18H20N10O3/c19-3-1-2-14(29-13(1)8(24)5(21)4(3)20)11(27)12(28)16-15(2)30-17-9(25)6(22)7(23)10(26)18(17)31-16/h19-28H2. The minimum atomic E-state index is 0.0265. The number of fused-ring (bicyclic) bond motifs is 6. The van der Waals surface area contributed by atoms with Crippen molar-refractivity contribution in [3.63, 3.8) is 0 Å². The van der Waals surface area contributed by atoms with Crippen LogP contribution in [0.5, 0.6) is 23.0 Å². The number of hydrogen-bond donors (Lipinski definition) is 10. The number of furan rings is 1. The van der Waals surface area contributed by atoms with Crippen LogP contribution >= 0.6 is 0 Å². The van der Waals surface area contributed by atoms with Crippen LogP contribution in [0.2, 0.25) is 0 Å². The molecule has 0 saturated heterocycles. The van der Waals surface area contributed by atoms with E-state index in [9.17, 15) is 0 Å². The minimum absolute atomic E-state index is 0.0265. The first-order valence-corrected chi connectivity index (χ1v) is 8.86. The van der Waals surface area contributed by atoms with Gasteiger partial charge in [-0.2, -0.15) is 0 Å². The Hall–Kier alpha value is -4.94. The van der Waals surface area contributed by atoms with Crippen molar-refractivity contribution in [2.75, 3.05) is 57.3 Å². The van der Waals surface area contributed by atoms with Crippen molar-refractivity contribution in [2.24, 2.45) is 0 Å². The molecule has 3 aromatic carbocycles. The Bertz CT molecular complexity index is 1490. The Morgan fingerprint density at radius 2 is 0.677 bits per heavy atom. The number of hydrogen-bond acceptors (Lipinski definition) is 13. The average molecular weight is 424 g/mol. The average Bonchev–Trinajstić information content (AvgIpc) is 3.17. The fraction of sp³-hybridized carbons (Fsp3) is 0. The Balaban J connectivity index is 1.96. The van der Waals surface area contributed by atoms with E-state index in [-0.39, 0.29) is 91.0 Å². The van der Waals surface area contributed by atoms with Crippen LogP contribution in [-0.2, 0) is 0 Å². The van der Waals surface area contributed by atoms with Gasteiger partial charge in [0, 0.05) is 0 Å². The van der Waals surface area contributed by atoms with Crippen molar-refractivity contribution in [3.8, 4) is 23.0 Å². The van der Waals surface area contributed by atoms with E-state index < -0.39 is 0 Å². The van der Waals surface area contributed by atoms with E-state index in [1.807, 2.05) is 0 Å². The maximum atomic E-state index is 6.24. The van der Waals surface area contributed by atoms with Crippen molar-refractivity contribution >= 4 is 78.8 Å². The second kappa shape index (κ2) is 5.35. The molecular weight excluding hydrogens is 404 g/mol. The fourth-order valence-electron chi connectivity index (χ4n) is 3.70. The lowest BCUT2D eigenvalue weighted by Gasteiger charge is -2.26. The lowest BCUT2D eigenvalue weighted by Crippen LogP contribution is -2.12. The van der Waals surface area contributed by atoms with E-state index in [1.54, 1.807) is 0 Å². The number of ether oxygens (including phenoxy) is 2. The van der Waals surface area contributed by atoms with Crippen LogP contribution in [0.3, 0.4) is 0 Å². The SMILES string of the molecule is Nc1c(N)c(N)c2c(c1N)Oc1c(N)c(N)c3oc4c(N)c(N)c(N)c(N)c4c3c1O2. The van der Waals surface area contributed by atoms with Crippen molar-refractivity contribution in [1.82, 2.24) is 0 Å². The van der Waals surface area contributed by atoms with E-state index in [1.165, 1.54) is 0 Å².